The molecule has 2 aromatic rings. The Labute approximate surface area is 183 Å². The third-order valence-corrected chi connectivity index (χ3v) is 6.09. The van der Waals surface area contributed by atoms with E-state index in [2.05, 4.69) is 17.4 Å². The Morgan fingerprint density at radius 3 is 2.30 bits per heavy atom. The quantitative estimate of drug-likeness (QED) is 0.735. The summed E-state index contributed by atoms with van der Waals surface area (Å²) in [5, 5.41) is 13.5. The largest absolute Gasteiger partial charge is 0.508 e. The summed E-state index contributed by atoms with van der Waals surface area (Å²) in [6.45, 7) is 6.95. The number of phenols is 1. The second-order valence-electron chi connectivity index (χ2n) is 8.35. The van der Waals surface area contributed by atoms with Gasteiger partial charge in [0.2, 0.25) is 5.91 Å². The number of benzene rings is 2. The van der Waals surface area contributed by atoms with Gasteiger partial charge in [-0.2, -0.15) is 0 Å². The molecule has 1 heterocycles. The molecular formula is C24H29ClN2O3. The number of rotatable bonds is 5. The summed E-state index contributed by atoms with van der Waals surface area (Å²) in [5.41, 5.74) is 2.30. The van der Waals surface area contributed by atoms with Gasteiger partial charge in [-0.05, 0) is 67.0 Å². The molecule has 6 heteroatoms. The molecule has 0 radical (unpaired) electrons. The van der Waals surface area contributed by atoms with E-state index in [-0.39, 0.29) is 23.5 Å². The predicted octanol–water partition coefficient (Wildman–Crippen LogP) is 4.51. The van der Waals surface area contributed by atoms with Crippen LogP contribution in [0.3, 0.4) is 0 Å². The van der Waals surface area contributed by atoms with Gasteiger partial charge in [0.1, 0.15) is 11.8 Å². The van der Waals surface area contributed by atoms with Crippen LogP contribution in [-0.4, -0.2) is 41.0 Å². The normalized spacial score (nSPS) is 15.8. The van der Waals surface area contributed by atoms with E-state index in [0.29, 0.717) is 30.1 Å². The highest BCUT2D eigenvalue weighted by molar-refractivity contribution is 6.30. The fourth-order valence-electron chi connectivity index (χ4n) is 3.85. The zero-order valence-corrected chi connectivity index (χ0v) is 18.4. The minimum Gasteiger partial charge on any atom is -0.508 e. The molecule has 2 aromatic carbocycles. The summed E-state index contributed by atoms with van der Waals surface area (Å²) in [5.74, 6) is 0.0282. The third-order valence-electron chi connectivity index (χ3n) is 5.84. The molecule has 0 aliphatic carbocycles. The van der Waals surface area contributed by atoms with Crippen LogP contribution in [0.15, 0.2) is 42.5 Å². The number of carbonyl (C=O) groups excluding carboxylic acids is 2. The highest BCUT2D eigenvalue weighted by atomic mass is 35.5. The van der Waals surface area contributed by atoms with Gasteiger partial charge in [0.25, 0.3) is 5.91 Å². The number of aryl methyl sites for hydroxylation is 1. The lowest BCUT2D eigenvalue weighted by Gasteiger charge is -2.35. The summed E-state index contributed by atoms with van der Waals surface area (Å²) >= 11 is 5.98. The zero-order chi connectivity index (χ0) is 21.8. The van der Waals surface area contributed by atoms with Crippen LogP contribution in [0.4, 0.5) is 0 Å². The predicted molar refractivity (Wildman–Crippen MR) is 119 cm³/mol. The van der Waals surface area contributed by atoms with Crippen LogP contribution in [0, 0.1) is 12.8 Å². The van der Waals surface area contributed by atoms with Gasteiger partial charge in [-0.3, -0.25) is 9.59 Å². The fraction of sp³-hybridized carbons (Fsp3) is 0.417. The molecule has 30 heavy (non-hydrogen) atoms. The van der Waals surface area contributed by atoms with Crippen LogP contribution in [0.1, 0.15) is 54.1 Å². The number of nitrogens with zero attached hydrogens (tertiary/aromatic N) is 1. The van der Waals surface area contributed by atoms with Gasteiger partial charge in [0.15, 0.2) is 0 Å². The van der Waals surface area contributed by atoms with Crippen molar-refractivity contribution in [1.82, 2.24) is 10.2 Å². The number of aromatic hydroxyl groups is 1. The molecule has 5 nitrogen and oxygen atoms in total. The number of nitrogens with one attached hydrogen (secondary N) is 1. The van der Waals surface area contributed by atoms with Crippen LogP contribution in [0.2, 0.25) is 5.02 Å². The van der Waals surface area contributed by atoms with Crippen molar-refractivity contribution in [2.75, 3.05) is 13.1 Å². The van der Waals surface area contributed by atoms with Crippen molar-refractivity contribution in [2.45, 2.75) is 45.6 Å². The Bertz CT molecular complexity index is 903. The Balaban J connectivity index is 1.63. The Hall–Kier alpha value is -2.53. The smallest absolute Gasteiger partial charge is 0.252 e. The van der Waals surface area contributed by atoms with Crippen molar-refractivity contribution >= 4 is 23.4 Å². The lowest BCUT2D eigenvalue weighted by molar-refractivity contribution is -0.135. The fourth-order valence-corrected chi connectivity index (χ4v) is 3.98. The van der Waals surface area contributed by atoms with E-state index in [4.69, 9.17) is 11.6 Å². The summed E-state index contributed by atoms with van der Waals surface area (Å²) < 4.78 is 0. The minimum absolute atomic E-state index is 0.0468. The molecule has 0 aromatic heterocycles. The molecule has 0 saturated carbocycles. The number of phenolic OH excluding ortho intramolecular Hbond substituents is 1. The van der Waals surface area contributed by atoms with Gasteiger partial charge < -0.3 is 15.3 Å². The molecule has 160 valence electrons. The van der Waals surface area contributed by atoms with E-state index in [1.54, 1.807) is 19.1 Å². The summed E-state index contributed by atoms with van der Waals surface area (Å²) in [6.07, 6.45) is 1.77. The van der Waals surface area contributed by atoms with Crippen molar-refractivity contribution in [2.24, 2.45) is 5.92 Å². The van der Waals surface area contributed by atoms with Crippen LogP contribution >= 0.6 is 11.6 Å². The van der Waals surface area contributed by atoms with Gasteiger partial charge in [0.05, 0.1) is 0 Å². The standard InChI is InChI=1S/C24H29ClN2O3/c1-15(2)22(26-23(29)19-5-4-16(3)21(28)14-19)24(30)27-12-10-18(11-13-27)17-6-8-20(25)9-7-17/h4-9,14-15,18,22,28H,10-13H2,1-3H3,(H,26,29)/t22-/m1/s1. The molecule has 0 unspecified atom stereocenters. The van der Waals surface area contributed by atoms with Gasteiger partial charge >= 0.3 is 0 Å². The summed E-state index contributed by atoms with van der Waals surface area (Å²) in [4.78, 5) is 27.7. The first-order valence-electron chi connectivity index (χ1n) is 10.4. The SMILES string of the molecule is Cc1ccc(C(=O)N[C@@H](C(=O)N2CCC(c3ccc(Cl)cc3)CC2)C(C)C)cc1O. The molecular weight excluding hydrogens is 400 g/mol. The molecule has 3 rings (SSSR count). The van der Waals surface area contributed by atoms with Crippen molar-refractivity contribution < 1.29 is 14.7 Å². The molecule has 1 aliphatic heterocycles. The van der Waals surface area contributed by atoms with Crippen LogP contribution in [-0.2, 0) is 4.79 Å². The number of likely N-dealkylation sites (tertiary alicyclic amines) is 1. The zero-order valence-electron chi connectivity index (χ0n) is 17.7. The molecule has 2 N–H and O–H groups in total. The highest BCUT2D eigenvalue weighted by Gasteiger charge is 2.31. The maximum atomic E-state index is 13.2. The third kappa shape index (κ3) is 5.14. The van der Waals surface area contributed by atoms with Crippen molar-refractivity contribution in [3.05, 3.63) is 64.2 Å². The first-order chi connectivity index (χ1) is 14.3. The van der Waals surface area contributed by atoms with Gasteiger partial charge in [0, 0.05) is 23.7 Å². The number of halogens is 1. The van der Waals surface area contributed by atoms with Crippen molar-refractivity contribution in [3.8, 4) is 5.75 Å². The molecule has 1 atom stereocenters. The van der Waals surface area contributed by atoms with E-state index >= 15 is 0 Å². The topological polar surface area (TPSA) is 69.6 Å². The summed E-state index contributed by atoms with van der Waals surface area (Å²) in [6, 6.07) is 12.1. The first-order valence-corrected chi connectivity index (χ1v) is 10.8. The lowest BCUT2D eigenvalue weighted by Crippen LogP contribution is -2.52. The maximum Gasteiger partial charge on any atom is 0.252 e. The number of piperidine rings is 1. The van der Waals surface area contributed by atoms with E-state index in [1.165, 1.54) is 11.6 Å². The molecule has 0 bridgehead atoms. The maximum absolute atomic E-state index is 13.2. The van der Waals surface area contributed by atoms with Gasteiger partial charge in [-0.15, -0.1) is 0 Å². The molecule has 0 spiro atoms. The van der Waals surface area contributed by atoms with E-state index in [9.17, 15) is 14.7 Å². The Kier molecular flexibility index (Phi) is 7.03. The van der Waals surface area contributed by atoms with E-state index in [0.717, 1.165) is 17.9 Å². The van der Waals surface area contributed by atoms with Crippen molar-refractivity contribution in [3.63, 3.8) is 0 Å². The Morgan fingerprint density at radius 2 is 1.73 bits per heavy atom. The van der Waals surface area contributed by atoms with Crippen LogP contribution in [0.5, 0.6) is 5.75 Å². The minimum atomic E-state index is -0.604. The number of amides is 2. The molecule has 1 saturated heterocycles. The van der Waals surface area contributed by atoms with Crippen molar-refractivity contribution in [1.29, 1.82) is 0 Å². The summed E-state index contributed by atoms with van der Waals surface area (Å²) in [7, 11) is 0. The van der Waals surface area contributed by atoms with Gasteiger partial charge in [-0.25, -0.2) is 0 Å². The van der Waals surface area contributed by atoms with Crippen LogP contribution in [0.25, 0.3) is 0 Å². The van der Waals surface area contributed by atoms with Crippen LogP contribution < -0.4 is 5.32 Å². The molecule has 1 fully saturated rings. The van der Waals surface area contributed by atoms with E-state index < -0.39 is 6.04 Å². The van der Waals surface area contributed by atoms with E-state index in [1.807, 2.05) is 30.9 Å². The average Bonchev–Trinajstić information content (AvgIpc) is 2.74. The lowest BCUT2D eigenvalue weighted by atomic mass is 9.89. The average molecular weight is 429 g/mol. The second kappa shape index (κ2) is 9.52. The molecule has 2 amide bonds. The number of hydrogen-bond acceptors (Lipinski definition) is 3. The Morgan fingerprint density at radius 1 is 1.10 bits per heavy atom. The highest BCUT2D eigenvalue weighted by Crippen LogP contribution is 2.29. The van der Waals surface area contributed by atoms with Gasteiger partial charge in [-0.1, -0.05) is 43.6 Å². The monoisotopic (exact) mass is 428 g/mol. The second-order valence-corrected chi connectivity index (χ2v) is 8.78. The number of carbonyl (C=O) groups is 2. The first kappa shape index (κ1) is 22.2. The molecule has 1 aliphatic rings. The number of hydrogen-bond donors (Lipinski definition) is 2.